The van der Waals surface area contributed by atoms with Gasteiger partial charge in [-0.2, -0.15) is 0 Å². The molecule has 108 valence electrons. The largest absolute Gasteiger partial charge is 0.393 e. The minimum Gasteiger partial charge on any atom is -0.393 e. The maximum Gasteiger partial charge on any atom is 0.232 e. The molecule has 1 aliphatic rings. The Labute approximate surface area is 126 Å². The molecule has 0 saturated carbocycles. The minimum absolute atomic E-state index is 0.0435. The van der Waals surface area contributed by atoms with Gasteiger partial charge in [-0.25, -0.2) is 0 Å². The molecule has 1 amide bonds. The second kappa shape index (κ2) is 6.95. The number of benzene rings is 1. The molecule has 2 N–H and O–H groups in total. The summed E-state index contributed by atoms with van der Waals surface area (Å²) in [6.45, 7) is 1.05. The highest BCUT2D eigenvalue weighted by molar-refractivity contribution is 7.85. The molecule has 1 heterocycles. The Bertz CT molecular complexity index is 509. The summed E-state index contributed by atoms with van der Waals surface area (Å²) in [5, 5.41) is 0. The zero-order chi connectivity index (χ0) is 14.5. The van der Waals surface area contributed by atoms with E-state index in [9.17, 15) is 9.00 Å². The zero-order valence-electron chi connectivity index (χ0n) is 11.2. The molecule has 2 rings (SSSR count). The lowest BCUT2D eigenvalue weighted by atomic mass is 9.98. The van der Waals surface area contributed by atoms with Gasteiger partial charge in [0.1, 0.15) is 0 Å². The molecular weight excluding hydrogens is 292 g/mol. The van der Waals surface area contributed by atoms with E-state index in [2.05, 4.69) is 0 Å². The molecule has 4 nitrogen and oxygen atoms in total. The summed E-state index contributed by atoms with van der Waals surface area (Å²) in [6.07, 6.45) is 0.522. The van der Waals surface area contributed by atoms with Crippen molar-refractivity contribution in [3.8, 4) is 0 Å². The Balaban J connectivity index is 2.06. The number of rotatable bonds is 4. The molecule has 0 aromatic heterocycles. The van der Waals surface area contributed by atoms with Crippen molar-refractivity contribution in [1.29, 1.82) is 0 Å². The van der Waals surface area contributed by atoms with E-state index < -0.39 is 16.7 Å². The van der Waals surface area contributed by atoms with Crippen LogP contribution in [0.25, 0.3) is 0 Å². The fourth-order valence-corrected chi connectivity index (χ4v) is 3.47. The number of hydrogen-bond acceptors (Lipinski definition) is 3. The monoisotopic (exact) mass is 310 g/mol. The molecule has 1 aromatic rings. The van der Waals surface area contributed by atoms with Crippen molar-refractivity contribution in [2.45, 2.75) is 6.42 Å². The molecule has 6 heteroatoms. The van der Waals surface area contributed by atoms with Gasteiger partial charge in [0.25, 0.3) is 0 Å². The van der Waals surface area contributed by atoms with Gasteiger partial charge in [-0.3, -0.25) is 9.00 Å². The van der Waals surface area contributed by atoms with E-state index in [1.54, 1.807) is 4.90 Å². The maximum atomic E-state index is 12.5. The zero-order valence-corrected chi connectivity index (χ0v) is 12.8. The Morgan fingerprint density at radius 3 is 2.45 bits per heavy atom. The van der Waals surface area contributed by atoms with Crippen molar-refractivity contribution in [1.82, 2.24) is 4.90 Å². The van der Waals surface area contributed by atoms with Crippen LogP contribution in [0, 0.1) is 5.92 Å². The SMILES string of the molecule is NC(=S)C(Cc1ccccc1)C(=O)N1CCS(=O)CC1. The molecule has 0 spiro atoms. The van der Waals surface area contributed by atoms with E-state index in [1.807, 2.05) is 30.3 Å². The third kappa shape index (κ3) is 3.86. The summed E-state index contributed by atoms with van der Waals surface area (Å²) in [7, 11) is -0.797. The van der Waals surface area contributed by atoms with Crippen molar-refractivity contribution < 1.29 is 9.00 Å². The van der Waals surface area contributed by atoms with Gasteiger partial charge in [-0.05, 0) is 12.0 Å². The molecule has 0 radical (unpaired) electrons. The van der Waals surface area contributed by atoms with Gasteiger partial charge in [0.2, 0.25) is 5.91 Å². The highest BCUT2D eigenvalue weighted by atomic mass is 32.2. The van der Waals surface area contributed by atoms with Gasteiger partial charge in [0.15, 0.2) is 0 Å². The fraction of sp³-hybridized carbons (Fsp3) is 0.429. The van der Waals surface area contributed by atoms with E-state index in [0.29, 0.717) is 31.0 Å². The summed E-state index contributed by atoms with van der Waals surface area (Å²) in [5.74, 6) is 0.569. The second-order valence-corrected chi connectivity index (χ2v) is 6.99. The first-order valence-electron chi connectivity index (χ1n) is 6.55. The molecule has 20 heavy (non-hydrogen) atoms. The third-order valence-electron chi connectivity index (χ3n) is 3.41. The standard InChI is InChI=1S/C14H18N2O2S2/c15-13(19)12(10-11-4-2-1-3-5-11)14(17)16-6-8-20(18)9-7-16/h1-5,12H,6-10H2,(H2,15,19). The summed E-state index contributed by atoms with van der Waals surface area (Å²) in [4.78, 5) is 14.5. The highest BCUT2D eigenvalue weighted by Crippen LogP contribution is 2.14. The van der Waals surface area contributed by atoms with E-state index >= 15 is 0 Å². The minimum atomic E-state index is -0.797. The van der Waals surface area contributed by atoms with E-state index in [-0.39, 0.29) is 10.9 Å². The lowest BCUT2D eigenvalue weighted by Crippen LogP contribution is -2.47. The lowest BCUT2D eigenvalue weighted by molar-refractivity contribution is -0.132. The van der Waals surface area contributed by atoms with E-state index in [4.69, 9.17) is 18.0 Å². The predicted octanol–water partition coefficient (Wildman–Crippen LogP) is 0.722. The number of amides is 1. The molecule has 1 aromatic carbocycles. The Morgan fingerprint density at radius 2 is 1.90 bits per heavy atom. The van der Waals surface area contributed by atoms with Gasteiger partial charge in [0, 0.05) is 35.4 Å². The summed E-state index contributed by atoms with van der Waals surface area (Å²) >= 11 is 5.06. The summed E-state index contributed by atoms with van der Waals surface area (Å²) in [6, 6.07) is 9.72. The number of nitrogens with two attached hydrogens (primary N) is 1. The second-order valence-electron chi connectivity index (χ2n) is 4.82. The third-order valence-corrected chi connectivity index (χ3v) is 4.97. The van der Waals surface area contributed by atoms with Gasteiger partial charge in [-0.1, -0.05) is 42.5 Å². The molecule has 0 bridgehead atoms. The van der Waals surface area contributed by atoms with E-state index in [0.717, 1.165) is 5.56 Å². The maximum absolute atomic E-state index is 12.5. The molecule has 1 saturated heterocycles. The number of hydrogen-bond donors (Lipinski definition) is 1. The van der Waals surface area contributed by atoms with Crippen molar-refractivity contribution in [3.63, 3.8) is 0 Å². The topological polar surface area (TPSA) is 63.4 Å². The first kappa shape index (κ1) is 15.1. The number of carbonyl (C=O) groups is 1. The average Bonchev–Trinajstić information content (AvgIpc) is 2.45. The number of thiocarbonyl (C=S) groups is 1. The Kier molecular flexibility index (Phi) is 5.25. The first-order chi connectivity index (χ1) is 9.58. The predicted molar refractivity (Wildman–Crippen MR) is 84.9 cm³/mol. The lowest BCUT2D eigenvalue weighted by Gasteiger charge is -2.29. The van der Waals surface area contributed by atoms with Crippen molar-refractivity contribution in [2.24, 2.45) is 11.7 Å². The normalized spacial score (nSPS) is 17.7. The van der Waals surface area contributed by atoms with Gasteiger partial charge >= 0.3 is 0 Å². The number of nitrogens with zero attached hydrogens (tertiary/aromatic N) is 1. The fourth-order valence-electron chi connectivity index (χ4n) is 2.24. The van der Waals surface area contributed by atoms with Crippen LogP contribution in [-0.4, -0.2) is 44.6 Å². The first-order valence-corrected chi connectivity index (χ1v) is 8.44. The molecular formula is C14H18N2O2S2. The summed E-state index contributed by atoms with van der Waals surface area (Å²) < 4.78 is 11.3. The Morgan fingerprint density at radius 1 is 1.30 bits per heavy atom. The molecule has 1 atom stereocenters. The highest BCUT2D eigenvalue weighted by Gasteiger charge is 2.29. The van der Waals surface area contributed by atoms with Crippen LogP contribution in [0.4, 0.5) is 0 Å². The van der Waals surface area contributed by atoms with Crippen molar-refractivity contribution >= 4 is 33.9 Å². The average molecular weight is 310 g/mol. The molecule has 1 unspecified atom stereocenters. The van der Waals surface area contributed by atoms with Crippen molar-refractivity contribution in [2.75, 3.05) is 24.6 Å². The van der Waals surface area contributed by atoms with Crippen LogP contribution >= 0.6 is 12.2 Å². The molecule has 1 fully saturated rings. The smallest absolute Gasteiger partial charge is 0.232 e. The van der Waals surface area contributed by atoms with Crippen LogP contribution < -0.4 is 5.73 Å². The van der Waals surface area contributed by atoms with Gasteiger partial charge in [0.05, 0.1) is 10.9 Å². The van der Waals surface area contributed by atoms with Crippen LogP contribution in [0.15, 0.2) is 30.3 Å². The molecule has 1 aliphatic heterocycles. The van der Waals surface area contributed by atoms with Crippen LogP contribution in [0.5, 0.6) is 0 Å². The van der Waals surface area contributed by atoms with Crippen LogP contribution in [0.1, 0.15) is 5.56 Å². The van der Waals surface area contributed by atoms with Crippen LogP contribution in [0.2, 0.25) is 0 Å². The Hall–Kier alpha value is -1.27. The quantitative estimate of drug-likeness (QED) is 0.833. The number of carbonyl (C=O) groups excluding carboxylic acids is 1. The summed E-state index contributed by atoms with van der Waals surface area (Å²) in [5.41, 5.74) is 6.78. The van der Waals surface area contributed by atoms with E-state index in [1.165, 1.54) is 0 Å². The van der Waals surface area contributed by atoms with Crippen LogP contribution in [-0.2, 0) is 22.0 Å². The van der Waals surface area contributed by atoms with Crippen LogP contribution in [0.3, 0.4) is 0 Å². The van der Waals surface area contributed by atoms with Crippen molar-refractivity contribution in [3.05, 3.63) is 35.9 Å². The van der Waals surface area contributed by atoms with Gasteiger partial charge in [-0.15, -0.1) is 0 Å². The molecule has 0 aliphatic carbocycles. The van der Waals surface area contributed by atoms with Gasteiger partial charge < -0.3 is 10.6 Å².